The lowest BCUT2D eigenvalue weighted by Crippen LogP contribution is -2.40. The van der Waals surface area contributed by atoms with Crippen molar-refractivity contribution in [1.29, 1.82) is 0 Å². The van der Waals surface area contributed by atoms with Crippen LogP contribution in [0.5, 0.6) is 17.2 Å². The number of carbonyl (C=O) groups is 1. The molecule has 4 rings (SSSR count). The van der Waals surface area contributed by atoms with Crippen LogP contribution in [0.2, 0.25) is 0 Å². The Hall–Kier alpha value is -3.48. The monoisotopic (exact) mass is 351 g/mol. The third-order valence-electron chi connectivity index (χ3n) is 4.08. The molecule has 26 heavy (non-hydrogen) atoms. The van der Waals surface area contributed by atoms with Gasteiger partial charge in [-0.1, -0.05) is 12.1 Å². The van der Waals surface area contributed by atoms with Crippen LogP contribution in [0, 0.1) is 0 Å². The quantitative estimate of drug-likeness (QED) is 0.755. The van der Waals surface area contributed by atoms with Crippen molar-refractivity contribution in [2.24, 2.45) is 0 Å². The first kappa shape index (κ1) is 16.0. The molecule has 0 saturated heterocycles. The summed E-state index contributed by atoms with van der Waals surface area (Å²) in [7, 11) is 1.58. The first-order chi connectivity index (χ1) is 12.7. The Morgan fingerprint density at radius 1 is 1.27 bits per heavy atom. The molecule has 0 aliphatic carbocycles. The van der Waals surface area contributed by atoms with Gasteiger partial charge in [-0.2, -0.15) is 5.10 Å². The number of hydrogen-bond acceptors (Lipinski definition) is 5. The van der Waals surface area contributed by atoms with E-state index in [1.54, 1.807) is 37.7 Å². The fraction of sp³-hybridized carbons (Fsp3) is 0.158. The summed E-state index contributed by atoms with van der Waals surface area (Å²) >= 11 is 0. The van der Waals surface area contributed by atoms with Crippen LogP contribution in [0.25, 0.3) is 11.1 Å². The minimum atomic E-state index is -0.718. The van der Waals surface area contributed by atoms with Crippen LogP contribution in [0.15, 0.2) is 54.9 Å². The van der Waals surface area contributed by atoms with E-state index in [9.17, 15) is 4.79 Å². The van der Waals surface area contributed by atoms with Crippen molar-refractivity contribution >= 4 is 11.6 Å². The number of methoxy groups -OCH3 is 1. The van der Waals surface area contributed by atoms with Gasteiger partial charge in [0, 0.05) is 29.1 Å². The van der Waals surface area contributed by atoms with E-state index in [4.69, 9.17) is 14.2 Å². The number of nitrogens with zero attached hydrogens (tertiary/aromatic N) is 1. The summed E-state index contributed by atoms with van der Waals surface area (Å²) in [5.41, 5.74) is 2.40. The fourth-order valence-corrected chi connectivity index (χ4v) is 2.78. The molecule has 2 aromatic carbocycles. The van der Waals surface area contributed by atoms with Crippen LogP contribution in [-0.4, -0.2) is 35.9 Å². The van der Waals surface area contributed by atoms with Crippen LogP contribution >= 0.6 is 0 Å². The first-order valence-corrected chi connectivity index (χ1v) is 8.11. The molecule has 0 bridgehead atoms. The normalized spacial score (nSPS) is 15.3. The van der Waals surface area contributed by atoms with Crippen molar-refractivity contribution in [2.45, 2.75) is 6.10 Å². The molecule has 3 aromatic rings. The van der Waals surface area contributed by atoms with Crippen LogP contribution in [0.1, 0.15) is 0 Å². The summed E-state index contributed by atoms with van der Waals surface area (Å²) in [6, 6.07) is 12.7. The second kappa shape index (κ2) is 6.79. The summed E-state index contributed by atoms with van der Waals surface area (Å²) in [6.07, 6.45) is 2.77. The van der Waals surface area contributed by atoms with Crippen LogP contribution < -0.4 is 19.5 Å². The van der Waals surface area contributed by atoms with Crippen LogP contribution in [0.4, 0.5) is 5.69 Å². The number of fused-ring (bicyclic) bond motifs is 1. The van der Waals surface area contributed by atoms with E-state index in [-0.39, 0.29) is 12.5 Å². The highest BCUT2D eigenvalue weighted by molar-refractivity contribution is 5.95. The number of anilines is 1. The molecule has 1 amide bonds. The van der Waals surface area contributed by atoms with Gasteiger partial charge >= 0.3 is 0 Å². The molecule has 1 unspecified atom stereocenters. The van der Waals surface area contributed by atoms with Crippen LogP contribution in [-0.2, 0) is 4.79 Å². The number of rotatable bonds is 4. The fourth-order valence-electron chi connectivity index (χ4n) is 2.78. The number of carbonyl (C=O) groups excluding carboxylic acids is 1. The third-order valence-corrected chi connectivity index (χ3v) is 4.08. The smallest absolute Gasteiger partial charge is 0.269 e. The molecule has 132 valence electrons. The van der Waals surface area contributed by atoms with Gasteiger partial charge in [0.05, 0.1) is 13.3 Å². The molecule has 7 nitrogen and oxygen atoms in total. The number of benzene rings is 2. The molecule has 1 aliphatic rings. The molecule has 2 heterocycles. The lowest BCUT2D eigenvalue weighted by Gasteiger charge is -2.25. The third kappa shape index (κ3) is 3.06. The Morgan fingerprint density at radius 2 is 2.12 bits per heavy atom. The van der Waals surface area contributed by atoms with E-state index in [1.165, 1.54) is 0 Å². The summed E-state index contributed by atoms with van der Waals surface area (Å²) < 4.78 is 16.7. The predicted molar refractivity (Wildman–Crippen MR) is 95.6 cm³/mol. The Labute approximate surface area is 149 Å². The zero-order valence-corrected chi connectivity index (χ0v) is 14.1. The molecule has 1 atom stereocenters. The summed E-state index contributed by atoms with van der Waals surface area (Å²) in [4.78, 5) is 12.5. The average Bonchev–Trinajstić information content (AvgIpc) is 3.22. The summed E-state index contributed by atoms with van der Waals surface area (Å²) in [6.45, 7) is 0.160. The van der Waals surface area contributed by atoms with E-state index >= 15 is 0 Å². The Bertz CT molecular complexity index is 924. The van der Waals surface area contributed by atoms with E-state index < -0.39 is 6.10 Å². The maximum Gasteiger partial charge on any atom is 0.269 e. The molecule has 1 aromatic heterocycles. The second-order valence-electron chi connectivity index (χ2n) is 5.76. The molecule has 1 aliphatic heterocycles. The van der Waals surface area contributed by atoms with Gasteiger partial charge in [-0.15, -0.1) is 0 Å². The summed E-state index contributed by atoms with van der Waals surface area (Å²) in [5.74, 6) is 1.56. The van der Waals surface area contributed by atoms with Gasteiger partial charge in [0.2, 0.25) is 6.10 Å². The van der Waals surface area contributed by atoms with Crippen molar-refractivity contribution in [3.05, 3.63) is 54.9 Å². The SMILES string of the molecule is COc1cc(NC(=O)C2COc3ccccc3O2)ccc1-c1cn[nH]c1. The van der Waals surface area contributed by atoms with Gasteiger partial charge in [-0.3, -0.25) is 9.89 Å². The lowest BCUT2D eigenvalue weighted by molar-refractivity contribution is -0.125. The maximum atomic E-state index is 12.5. The molecule has 0 saturated carbocycles. The van der Waals surface area contributed by atoms with Crippen molar-refractivity contribution in [3.63, 3.8) is 0 Å². The number of para-hydroxylation sites is 2. The highest BCUT2D eigenvalue weighted by Crippen LogP contribution is 2.33. The Kier molecular flexibility index (Phi) is 4.18. The van der Waals surface area contributed by atoms with Gasteiger partial charge in [0.25, 0.3) is 5.91 Å². The number of amides is 1. The molecular weight excluding hydrogens is 334 g/mol. The molecular formula is C19H17N3O4. The molecule has 2 N–H and O–H groups in total. The number of H-pyrrole nitrogens is 1. The zero-order valence-electron chi connectivity index (χ0n) is 14.1. The highest BCUT2D eigenvalue weighted by Gasteiger charge is 2.27. The number of nitrogens with one attached hydrogen (secondary N) is 2. The molecule has 0 spiro atoms. The number of aromatic nitrogens is 2. The van der Waals surface area contributed by atoms with E-state index in [0.717, 1.165) is 11.1 Å². The van der Waals surface area contributed by atoms with Gasteiger partial charge < -0.3 is 19.5 Å². The summed E-state index contributed by atoms with van der Waals surface area (Å²) in [5, 5.41) is 9.56. The predicted octanol–water partition coefficient (Wildman–Crippen LogP) is 2.86. The maximum absolute atomic E-state index is 12.5. The lowest BCUT2D eigenvalue weighted by atomic mass is 10.1. The number of hydrogen-bond donors (Lipinski definition) is 2. The van der Waals surface area contributed by atoms with Crippen molar-refractivity contribution in [3.8, 4) is 28.4 Å². The molecule has 0 fully saturated rings. The van der Waals surface area contributed by atoms with Gasteiger partial charge in [0.15, 0.2) is 11.5 Å². The molecule has 0 radical (unpaired) electrons. The molecule has 7 heteroatoms. The van der Waals surface area contributed by atoms with E-state index in [1.807, 2.05) is 24.3 Å². The number of aromatic amines is 1. The minimum absolute atomic E-state index is 0.160. The standard InChI is InChI=1S/C19H17N3O4/c1-24-17-8-13(6-7-14(17)12-9-20-21-10-12)22-19(23)18-11-25-15-4-2-3-5-16(15)26-18/h2-10,18H,11H2,1H3,(H,20,21)(H,22,23). The number of ether oxygens (including phenoxy) is 3. The average molecular weight is 351 g/mol. The van der Waals surface area contributed by atoms with Crippen LogP contribution in [0.3, 0.4) is 0 Å². The zero-order chi connectivity index (χ0) is 17.9. The van der Waals surface area contributed by atoms with Crippen molar-refractivity contribution < 1.29 is 19.0 Å². The first-order valence-electron chi connectivity index (χ1n) is 8.11. The second-order valence-corrected chi connectivity index (χ2v) is 5.76. The minimum Gasteiger partial charge on any atom is -0.496 e. The van der Waals surface area contributed by atoms with Gasteiger partial charge in [0.1, 0.15) is 12.4 Å². The van der Waals surface area contributed by atoms with Crippen molar-refractivity contribution in [2.75, 3.05) is 19.0 Å². The highest BCUT2D eigenvalue weighted by atomic mass is 16.6. The van der Waals surface area contributed by atoms with E-state index in [2.05, 4.69) is 15.5 Å². The topological polar surface area (TPSA) is 85.5 Å². The largest absolute Gasteiger partial charge is 0.496 e. The Morgan fingerprint density at radius 3 is 2.88 bits per heavy atom. The van der Waals surface area contributed by atoms with E-state index in [0.29, 0.717) is 22.9 Å². The Balaban J connectivity index is 1.50. The van der Waals surface area contributed by atoms with Crippen molar-refractivity contribution in [1.82, 2.24) is 10.2 Å². The van der Waals surface area contributed by atoms with Gasteiger partial charge in [-0.05, 0) is 24.3 Å². The van der Waals surface area contributed by atoms with Gasteiger partial charge in [-0.25, -0.2) is 0 Å².